The first-order chi connectivity index (χ1) is 12.2. The molecule has 6 nitrogen and oxygen atoms in total. The minimum atomic E-state index is -0.343. The van der Waals surface area contributed by atoms with Crippen molar-refractivity contribution < 1.29 is 9.18 Å². The molecule has 1 amide bonds. The van der Waals surface area contributed by atoms with Gasteiger partial charge in [0.1, 0.15) is 23.5 Å². The van der Waals surface area contributed by atoms with E-state index in [1.54, 1.807) is 29.3 Å². The molecule has 1 aliphatic rings. The minimum Gasteiger partial charge on any atom is -0.337 e. The highest BCUT2D eigenvalue weighted by Gasteiger charge is 2.30. The van der Waals surface area contributed by atoms with E-state index in [2.05, 4.69) is 21.5 Å². The van der Waals surface area contributed by atoms with Crippen LogP contribution in [0.5, 0.6) is 0 Å². The van der Waals surface area contributed by atoms with Gasteiger partial charge >= 0.3 is 0 Å². The third-order valence-corrected chi connectivity index (χ3v) is 4.48. The topological polar surface area (TPSA) is 63.9 Å². The van der Waals surface area contributed by atoms with Gasteiger partial charge in [-0.05, 0) is 24.6 Å². The molecule has 4 rings (SSSR count). The van der Waals surface area contributed by atoms with Gasteiger partial charge in [0, 0.05) is 13.1 Å². The van der Waals surface area contributed by atoms with E-state index >= 15 is 0 Å². The lowest BCUT2D eigenvalue weighted by Gasteiger charge is -2.18. The Labute approximate surface area is 143 Å². The number of fused-ring (bicyclic) bond motifs is 1. The van der Waals surface area contributed by atoms with Crippen LogP contribution in [0.15, 0.2) is 49.4 Å². The third kappa shape index (κ3) is 2.57. The number of hydrogen-bond donors (Lipinski definition) is 0. The number of aromatic nitrogens is 4. The van der Waals surface area contributed by atoms with E-state index in [0.717, 1.165) is 6.42 Å². The largest absolute Gasteiger partial charge is 0.337 e. The van der Waals surface area contributed by atoms with Gasteiger partial charge in [0.25, 0.3) is 0 Å². The van der Waals surface area contributed by atoms with Crippen LogP contribution in [0.2, 0.25) is 0 Å². The molecule has 0 aliphatic carbocycles. The van der Waals surface area contributed by atoms with Gasteiger partial charge in [0.15, 0.2) is 5.65 Å². The summed E-state index contributed by atoms with van der Waals surface area (Å²) >= 11 is 0. The molecule has 1 unspecified atom stereocenters. The Morgan fingerprint density at radius 1 is 1.36 bits per heavy atom. The van der Waals surface area contributed by atoms with Crippen LogP contribution >= 0.6 is 0 Å². The molecule has 0 N–H and O–H groups in total. The molecule has 1 aromatic carbocycles. The first-order valence-corrected chi connectivity index (χ1v) is 8.03. The molecule has 0 radical (unpaired) electrons. The monoisotopic (exact) mass is 337 g/mol. The lowest BCUT2D eigenvalue weighted by atomic mass is 10.1. The lowest BCUT2D eigenvalue weighted by Crippen LogP contribution is -2.27. The van der Waals surface area contributed by atoms with Crippen molar-refractivity contribution in [2.75, 3.05) is 13.1 Å². The Morgan fingerprint density at radius 3 is 3.00 bits per heavy atom. The Kier molecular flexibility index (Phi) is 3.76. The predicted octanol–water partition coefficient (Wildman–Crippen LogP) is 2.59. The Morgan fingerprint density at radius 2 is 2.20 bits per heavy atom. The quantitative estimate of drug-likeness (QED) is 0.689. The van der Waals surface area contributed by atoms with Gasteiger partial charge in [0.05, 0.1) is 17.8 Å². The maximum atomic E-state index is 14.4. The third-order valence-electron chi connectivity index (χ3n) is 4.48. The SMILES string of the molecule is C=CC(=O)N1CCC(n2c(-c3ccccc3F)nc3cncnc32)C1. The highest BCUT2D eigenvalue weighted by Crippen LogP contribution is 2.32. The van der Waals surface area contributed by atoms with Gasteiger partial charge < -0.3 is 9.47 Å². The summed E-state index contributed by atoms with van der Waals surface area (Å²) in [6.45, 7) is 4.68. The van der Waals surface area contributed by atoms with E-state index in [9.17, 15) is 9.18 Å². The molecule has 1 aliphatic heterocycles. The summed E-state index contributed by atoms with van der Waals surface area (Å²) < 4.78 is 16.3. The zero-order chi connectivity index (χ0) is 17.4. The van der Waals surface area contributed by atoms with E-state index < -0.39 is 0 Å². The van der Waals surface area contributed by atoms with Crippen LogP contribution in [0, 0.1) is 5.82 Å². The van der Waals surface area contributed by atoms with E-state index in [1.165, 1.54) is 18.5 Å². The number of benzene rings is 1. The van der Waals surface area contributed by atoms with Crippen LogP contribution in [0.3, 0.4) is 0 Å². The summed E-state index contributed by atoms with van der Waals surface area (Å²) in [5, 5.41) is 0. The van der Waals surface area contributed by atoms with Crippen molar-refractivity contribution >= 4 is 17.1 Å². The maximum Gasteiger partial charge on any atom is 0.246 e. The number of imidazole rings is 1. The smallest absolute Gasteiger partial charge is 0.246 e. The molecule has 3 aromatic rings. The maximum absolute atomic E-state index is 14.4. The summed E-state index contributed by atoms with van der Waals surface area (Å²) in [4.78, 5) is 26.5. The number of carbonyl (C=O) groups excluding carboxylic acids is 1. The average Bonchev–Trinajstić information content (AvgIpc) is 3.25. The van der Waals surface area contributed by atoms with Crippen LogP contribution < -0.4 is 0 Å². The number of halogens is 1. The second-order valence-corrected chi connectivity index (χ2v) is 5.95. The number of carbonyl (C=O) groups is 1. The normalized spacial score (nSPS) is 17.2. The fourth-order valence-electron chi connectivity index (χ4n) is 3.31. The van der Waals surface area contributed by atoms with Gasteiger partial charge in [-0.2, -0.15) is 0 Å². The number of amides is 1. The molecule has 0 bridgehead atoms. The van der Waals surface area contributed by atoms with E-state index in [1.807, 2.05) is 4.57 Å². The Balaban J connectivity index is 1.85. The molecule has 25 heavy (non-hydrogen) atoms. The molecule has 3 heterocycles. The van der Waals surface area contributed by atoms with Gasteiger partial charge in [-0.3, -0.25) is 4.79 Å². The molecule has 126 valence electrons. The average molecular weight is 337 g/mol. The Hall–Kier alpha value is -3.09. The van der Waals surface area contributed by atoms with Gasteiger partial charge in [-0.15, -0.1) is 0 Å². The molecule has 7 heteroatoms. The lowest BCUT2D eigenvalue weighted by molar-refractivity contribution is -0.125. The van der Waals surface area contributed by atoms with E-state index in [0.29, 0.717) is 35.6 Å². The van der Waals surface area contributed by atoms with E-state index in [4.69, 9.17) is 0 Å². The standard InChI is InChI=1S/C18H16FN5O/c1-2-16(25)23-8-7-12(10-23)24-17(13-5-3-4-6-14(13)19)22-15-9-20-11-21-18(15)24/h2-6,9,11-12H,1,7-8,10H2. The van der Waals surface area contributed by atoms with Gasteiger partial charge in [-0.1, -0.05) is 18.7 Å². The molecule has 1 fully saturated rings. The molecular weight excluding hydrogens is 321 g/mol. The first-order valence-electron chi connectivity index (χ1n) is 8.03. The first kappa shape index (κ1) is 15.4. The van der Waals surface area contributed by atoms with Crippen molar-refractivity contribution in [1.29, 1.82) is 0 Å². The predicted molar refractivity (Wildman–Crippen MR) is 91.1 cm³/mol. The van der Waals surface area contributed by atoms with Crippen molar-refractivity contribution in [3.8, 4) is 11.4 Å². The summed E-state index contributed by atoms with van der Waals surface area (Å²) in [5.74, 6) is 0.0597. The van der Waals surface area contributed by atoms with Crippen LogP contribution in [0.25, 0.3) is 22.6 Å². The molecule has 0 spiro atoms. The number of hydrogen-bond acceptors (Lipinski definition) is 4. The molecule has 1 saturated heterocycles. The second kappa shape index (κ2) is 6.08. The fourth-order valence-corrected chi connectivity index (χ4v) is 3.31. The molecule has 2 aromatic heterocycles. The second-order valence-electron chi connectivity index (χ2n) is 5.95. The summed E-state index contributed by atoms with van der Waals surface area (Å²) in [6, 6.07) is 6.50. The zero-order valence-corrected chi connectivity index (χ0v) is 13.5. The van der Waals surface area contributed by atoms with Gasteiger partial charge in [-0.25, -0.2) is 19.3 Å². The van der Waals surface area contributed by atoms with Crippen molar-refractivity contribution in [3.63, 3.8) is 0 Å². The highest BCUT2D eigenvalue weighted by atomic mass is 19.1. The number of likely N-dealkylation sites (tertiary alicyclic amines) is 1. The fraction of sp³-hybridized carbons (Fsp3) is 0.222. The van der Waals surface area contributed by atoms with Gasteiger partial charge in [0.2, 0.25) is 5.91 Å². The molecular formula is C18H16FN5O. The van der Waals surface area contributed by atoms with Crippen LogP contribution in [-0.4, -0.2) is 43.4 Å². The number of rotatable bonds is 3. The van der Waals surface area contributed by atoms with Crippen molar-refractivity contribution in [2.24, 2.45) is 0 Å². The van der Waals surface area contributed by atoms with Crippen molar-refractivity contribution in [2.45, 2.75) is 12.5 Å². The number of nitrogens with zero attached hydrogens (tertiary/aromatic N) is 5. The van der Waals surface area contributed by atoms with E-state index in [-0.39, 0.29) is 17.8 Å². The van der Waals surface area contributed by atoms with Crippen LogP contribution in [-0.2, 0) is 4.79 Å². The van der Waals surface area contributed by atoms with Crippen LogP contribution in [0.4, 0.5) is 4.39 Å². The summed E-state index contributed by atoms with van der Waals surface area (Å²) in [6.07, 6.45) is 5.13. The summed E-state index contributed by atoms with van der Waals surface area (Å²) in [7, 11) is 0. The van der Waals surface area contributed by atoms with Crippen molar-refractivity contribution in [3.05, 3.63) is 55.3 Å². The van der Waals surface area contributed by atoms with Crippen LogP contribution in [0.1, 0.15) is 12.5 Å². The Bertz CT molecular complexity index is 967. The molecule has 0 saturated carbocycles. The highest BCUT2D eigenvalue weighted by molar-refractivity contribution is 5.87. The zero-order valence-electron chi connectivity index (χ0n) is 13.5. The summed E-state index contributed by atoms with van der Waals surface area (Å²) in [5.41, 5.74) is 1.66. The van der Waals surface area contributed by atoms with Crippen molar-refractivity contribution in [1.82, 2.24) is 24.4 Å². The minimum absolute atomic E-state index is 0.0293. The molecule has 1 atom stereocenters.